The van der Waals surface area contributed by atoms with Crippen molar-refractivity contribution >= 4 is 34.7 Å². The molecule has 21 heavy (non-hydrogen) atoms. The maximum atomic E-state index is 12.0. The standard InChI is InChI=1S/C13H11ClN4O3/c1-15-12-5-2-8(7-16-12)13(19)17-9-3-4-10(14)11(6-9)18(20)21/h2-7H,1H3,(H,15,16)(H,17,19). The number of hydrogen-bond donors (Lipinski definition) is 2. The molecule has 2 aromatic rings. The molecule has 0 atom stereocenters. The molecule has 7 nitrogen and oxygen atoms in total. The third-order valence-corrected chi connectivity index (χ3v) is 3.00. The van der Waals surface area contributed by atoms with Gasteiger partial charge in [0.15, 0.2) is 0 Å². The number of nitro groups is 1. The minimum absolute atomic E-state index is 0.0121. The van der Waals surface area contributed by atoms with Crippen molar-refractivity contribution in [1.29, 1.82) is 0 Å². The number of anilines is 2. The molecule has 0 aliphatic heterocycles. The molecule has 0 saturated heterocycles. The van der Waals surface area contributed by atoms with Gasteiger partial charge in [-0.25, -0.2) is 4.98 Å². The van der Waals surface area contributed by atoms with E-state index in [9.17, 15) is 14.9 Å². The summed E-state index contributed by atoms with van der Waals surface area (Å²) in [7, 11) is 1.72. The number of amides is 1. The van der Waals surface area contributed by atoms with Crippen molar-refractivity contribution < 1.29 is 9.72 Å². The fourth-order valence-corrected chi connectivity index (χ4v) is 1.80. The van der Waals surface area contributed by atoms with Crippen LogP contribution < -0.4 is 10.6 Å². The van der Waals surface area contributed by atoms with Crippen molar-refractivity contribution in [1.82, 2.24) is 4.98 Å². The molecule has 0 spiro atoms. The van der Waals surface area contributed by atoms with Gasteiger partial charge in [-0.05, 0) is 24.3 Å². The van der Waals surface area contributed by atoms with E-state index in [4.69, 9.17) is 11.6 Å². The molecule has 108 valence electrons. The summed E-state index contributed by atoms with van der Waals surface area (Å²) < 4.78 is 0. The number of carbonyl (C=O) groups excluding carboxylic acids is 1. The lowest BCUT2D eigenvalue weighted by Gasteiger charge is -2.06. The zero-order chi connectivity index (χ0) is 15.4. The summed E-state index contributed by atoms with van der Waals surface area (Å²) in [5, 5.41) is 16.2. The molecule has 1 heterocycles. The summed E-state index contributed by atoms with van der Waals surface area (Å²) >= 11 is 5.71. The lowest BCUT2D eigenvalue weighted by molar-refractivity contribution is -0.384. The average molecular weight is 307 g/mol. The van der Waals surface area contributed by atoms with Gasteiger partial charge in [0.2, 0.25) is 0 Å². The molecular weight excluding hydrogens is 296 g/mol. The lowest BCUT2D eigenvalue weighted by atomic mass is 10.2. The second-order valence-corrected chi connectivity index (χ2v) is 4.47. The molecule has 0 saturated carbocycles. The van der Waals surface area contributed by atoms with Gasteiger partial charge in [0.05, 0.1) is 10.5 Å². The van der Waals surface area contributed by atoms with E-state index >= 15 is 0 Å². The fraction of sp³-hybridized carbons (Fsp3) is 0.0769. The number of carbonyl (C=O) groups is 1. The highest BCUT2D eigenvalue weighted by molar-refractivity contribution is 6.32. The number of benzene rings is 1. The van der Waals surface area contributed by atoms with Crippen LogP contribution in [0, 0.1) is 10.1 Å². The normalized spacial score (nSPS) is 10.0. The molecule has 0 radical (unpaired) electrons. The largest absolute Gasteiger partial charge is 0.373 e. The highest BCUT2D eigenvalue weighted by Gasteiger charge is 2.14. The van der Waals surface area contributed by atoms with Gasteiger partial charge in [-0.1, -0.05) is 11.6 Å². The number of aromatic nitrogens is 1. The topological polar surface area (TPSA) is 97.2 Å². The Morgan fingerprint density at radius 3 is 2.67 bits per heavy atom. The maximum Gasteiger partial charge on any atom is 0.289 e. The molecule has 0 fully saturated rings. The van der Waals surface area contributed by atoms with E-state index in [2.05, 4.69) is 15.6 Å². The number of rotatable bonds is 4. The Labute approximate surface area is 125 Å². The van der Waals surface area contributed by atoms with Crippen molar-refractivity contribution in [3.63, 3.8) is 0 Å². The van der Waals surface area contributed by atoms with Gasteiger partial charge in [0, 0.05) is 25.0 Å². The minimum atomic E-state index is -0.610. The SMILES string of the molecule is CNc1ccc(C(=O)Nc2ccc(Cl)c([N+](=O)[O-])c2)cn1. The van der Waals surface area contributed by atoms with Gasteiger partial charge in [0.25, 0.3) is 11.6 Å². The molecule has 0 bridgehead atoms. The smallest absolute Gasteiger partial charge is 0.289 e. The number of nitro benzene ring substituents is 1. The van der Waals surface area contributed by atoms with E-state index in [1.807, 2.05) is 0 Å². The van der Waals surface area contributed by atoms with E-state index < -0.39 is 10.8 Å². The van der Waals surface area contributed by atoms with Crippen LogP contribution in [-0.4, -0.2) is 22.9 Å². The van der Waals surface area contributed by atoms with Crippen LogP contribution in [-0.2, 0) is 0 Å². The van der Waals surface area contributed by atoms with Crippen molar-refractivity contribution in [2.24, 2.45) is 0 Å². The number of nitrogens with one attached hydrogen (secondary N) is 2. The Morgan fingerprint density at radius 2 is 2.10 bits per heavy atom. The lowest BCUT2D eigenvalue weighted by Crippen LogP contribution is -2.12. The third-order valence-electron chi connectivity index (χ3n) is 2.68. The van der Waals surface area contributed by atoms with Crippen molar-refractivity contribution in [2.45, 2.75) is 0 Å². The molecular formula is C13H11ClN4O3. The van der Waals surface area contributed by atoms with E-state index in [1.165, 1.54) is 24.4 Å². The van der Waals surface area contributed by atoms with Crippen LogP contribution in [0.25, 0.3) is 0 Å². The predicted octanol–water partition coefficient (Wildman–Crippen LogP) is 2.94. The monoisotopic (exact) mass is 306 g/mol. The van der Waals surface area contributed by atoms with Crippen LogP contribution in [0.15, 0.2) is 36.5 Å². The number of halogens is 1. The van der Waals surface area contributed by atoms with Crippen molar-refractivity contribution in [3.8, 4) is 0 Å². The molecule has 0 aliphatic carbocycles. The summed E-state index contributed by atoms with van der Waals surface area (Å²) in [6, 6.07) is 7.30. The average Bonchev–Trinajstić information content (AvgIpc) is 2.49. The molecule has 2 N–H and O–H groups in total. The Kier molecular flexibility index (Phi) is 4.34. The van der Waals surface area contributed by atoms with Gasteiger partial charge in [-0.15, -0.1) is 0 Å². The molecule has 1 aromatic heterocycles. The van der Waals surface area contributed by atoms with E-state index in [-0.39, 0.29) is 16.4 Å². The van der Waals surface area contributed by atoms with Crippen molar-refractivity contribution in [2.75, 3.05) is 17.7 Å². The fourth-order valence-electron chi connectivity index (χ4n) is 1.61. The van der Waals surface area contributed by atoms with Gasteiger partial charge >= 0.3 is 0 Å². The molecule has 8 heteroatoms. The van der Waals surface area contributed by atoms with Crippen LogP contribution in [0.1, 0.15) is 10.4 Å². The summed E-state index contributed by atoms with van der Waals surface area (Å²) in [4.78, 5) is 26.2. The van der Waals surface area contributed by atoms with Crippen LogP contribution >= 0.6 is 11.6 Å². The summed E-state index contributed by atoms with van der Waals surface area (Å²) in [5.74, 6) is 0.218. The Balaban J connectivity index is 2.19. The Bertz CT molecular complexity index is 688. The first-order valence-corrected chi connectivity index (χ1v) is 6.28. The maximum absolute atomic E-state index is 12.0. The number of hydrogen-bond acceptors (Lipinski definition) is 5. The molecule has 1 amide bonds. The van der Waals surface area contributed by atoms with Crippen LogP contribution in [0.2, 0.25) is 5.02 Å². The summed E-state index contributed by atoms with van der Waals surface area (Å²) in [6.07, 6.45) is 1.41. The highest BCUT2D eigenvalue weighted by Crippen LogP contribution is 2.27. The van der Waals surface area contributed by atoms with Gasteiger partial charge < -0.3 is 10.6 Å². The first-order valence-electron chi connectivity index (χ1n) is 5.90. The van der Waals surface area contributed by atoms with Gasteiger partial charge in [0.1, 0.15) is 10.8 Å². The van der Waals surface area contributed by atoms with Gasteiger partial charge in [-0.2, -0.15) is 0 Å². The van der Waals surface area contributed by atoms with E-state index in [0.717, 1.165) is 0 Å². The quantitative estimate of drug-likeness (QED) is 0.668. The van der Waals surface area contributed by atoms with Crippen LogP contribution in [0.3, 0.4) is 0 Å². The number of pyridine rings is 1. The number of nitrogens with zero attached hydrogens (tertiary/aromatic N) is 2. The second-order valence-electron chi connectivity index (χ2n) is 4.06. The van der Waals surface area contributed by atoms with E-state index in [0.29, 0.717) is 11.4 Å². The van der Waals surface area contributed by atoms with Crippen molar-refractivity contribution in [3.05, 3.63) is 57.2 Å². The van der Waals surface area contributed by atoms with Gasteiger partial charge in [-0.3, -0.25) is 14.9 Å². The predicted molar refractivity (Wildman–Crippen MR) is 79.8 cm³/mol. The zero-order valence-corrected chi connectivity index (χ0v) is 11.7. The van der Waals surface area contributed by atoms with Crippen LogP contribution in [0.4, 0.5) is 17.2 Å². The first-order chi connectivity index (χ1) is 10.0. The third kappa shape index (κ3) is 3.46. The molecule has 0 aliphatic rings. The van der Waals surface area contributed by atoms with Crippen LogP contribution in [0.5, 0.6) is 0 Å². The summed E-state index contributed by atoms with van der Waals surface area (Å²) in [6.45, 7) is 0. The minimum Gasteiger partial charge on any atom is -0.373 e. The van der Waals surface area contributed by atoms with E-state index in [1.54, 1.807) is 19.2 Å². The Morgan fingerprint density at radius 1 is 1.33 bits per heavy atom. The summed E-state index contributed by atoms with van der Waals surface area (Å²) in [5.41, 5.74) is 0.360. The molecule has 1 aromatic carbocycles. The first kappa shape index (κ1) is 14.7. The highest BCUT2D eigenvalue weighted by atomic mass is 35.5. The second kappa shape index (κ2) is 6.19. The zero-order valence-electron chi connectivity index (χ0n) is 11.0. The molecule has 0 unspecified atom stereocenters. The molecule has 2 rings (SSSR count). The Hall–Kier alpha value is -2.67.